The Labute approximate surface area is 94.7 Å². The van der Waals surface area contributed by atoms with Gasteiger partial charge in [0.15, 0.2) is 0 Å². The molecule has 1 heterocycles. The fourth-order valence-corrected chi connectivity index (χ4v) is 1.93. The molecule has 5 heteroatoms. The second kappa shape index (κ2) is 4.92. The summed E-state index contributed by atoms with van der Waals surface area (Å²) in [5.74, 6) is 0.935. The van der Waals surface area contributed by atoms with E-state index in [1.807, 2.05) is 0 Å². The first-order chi connectivity index (χ1) is 7.81. The summed E-state index contributed by atoms with van der Waals surface area (Å²) in [6.45, 7) is 0.614. The first-order valence-corrected chi connectivity index (χ1v) is 5.58. The molecule has 1 aliphatic rings. The van der Waals surface area contributed by atoms with Gasteiger partial charge < -0.3 is 10.6 Å². The topological polar surface area (TPSA) is 66.9 Å². The molecular weight excluding hydrogens is 204 g/mol. The molecule has 1 aliphatic carbocycles. The Morgan fingerprint density at radius 1 is 1.44 bits per heavy atom. The van der Waals surface area contributed by atoms with Crippen LogP contribution in [0.15, 0.2) is 6.33 Å². The van der Waals surface area contributed by atoms with E-state index in [-0.39, 0.29) is 5.91 Å². The average Bonchev–Trinajstić information content (AvgIpc) is 2.77. The largest absolute Gasteiger partial charge is 0.369 e. The fourth-order valence-electron chi connectivity index (χ4n) is 1.93. The number of nitrogens with zero attached hydrogens (tertiary/aromatic N) is 2. The Bertz CT molecular complexity index is 392. The SMILES string of the molecule is CNC(=O)CCNc1ncnc2c1CCC2. The van der Waals surface area contributed by atoms with Crippen molar-refractivity contribution in [3.05, 3.63) is 17.6 Å². The Hall–Kier alpha value is -1.65. The summed E-state index contributed by atoms with van der Waals surface area (Å²) < 4.78 is 0. The highest BCUT2D eigenvalue weighted by molar-refractivity contribution is 5.76. The van der Waals surface area contributed by atoms with Crippen LogP contribution < -0.4 is 10.6 Å². The molecule has 1 aromatic rings. The number of anilines is 1. The van der Waals surface area contributed by atoms with Crippen molar-refractivity contribution in [3.63, 3.8) is 0 Å². The van der Waals surface area contributed by atoms with Gasteiger partial charge in [-0.3, -0.25) is 4.79 Å². The lowest BCUT2D eigenvalue weighted by Crippen LogP contribution is -2.21. The Balaban J connectivity index is 1.95. The van der Waals surface area contributed by atoms with Gasteiger partial charge in [-0.2, -0.15) is 0 Å². The monoisotopic (exact) mass is 220 g/mol. The number of fused-ring (bicyclic) bond motifs is 1. The summed E-state index contributed by atoms with van der Waals surface area (Å²) in [6, 6.07) is 0. The van der Waals surface area contributed by atoms with Crippen molar-refractivity contribution in [2.45, 2.75) is 25.7 Å². The molecule has 0 atom stereocenters. The van der Waals surface area contributed by atoms with Gasteiger partial charge in [-0.1, -0.05) is 0 Å². The lowest BCUT2D eigenvalue weighted by Gasteiger charge is -2.08. The lowest BCUT2D eigenvalue weighted by molar-refractivity contribution is -0.120. The number of hydrogen-bond acceptors (Lipinski definition) is 4. The molecular formula is C11H16N4O. The van der Waals surface area contributed by atoms with Crippen LogP contribution in [0.5, 0.6) is 0 Å². The van der Waals surface area contributed by atoms with Crippen molar-refractivity contribution in [3.8, 4) is 0 Å². The van der Waals surface area contributed by atoms with Crippen molar-refractivity contribution in [1.82, 2.24) is 15.3 Å². The van der Waals surface area contributed by atoms with Crippen LogP contribution >= 0.6 is 0 Å². The molecule has 0 fully saturated rings. The maximum Gasteiger partial charge on any atom is 0.221 e. The third-order valence-electron chi connectivity index (χ3n) is 2.80. The van der Waals surface area contributed by atoms with E-state index in [4.69, 9.17) is 0 Å². The highest BCUT2D eigenvalue weighted by Crippen LogP contribution is 2.24. The van der Waals surface area contributed by atoms with Gasteiger partial charge >= 0.3 is 0 Å². The van der Waals surface area contributed by atoms with Gasteiger partial charge in [-0.15, -0.1) is 0 Å². The number of nitrogens with one attached hydrogen (secondary N) is 2. The number of aryl methyl sites for hydroxylation is 1. The third-order valence-corrected chi connectivity index (χ3v) is 2.80. The van der Waals surface area contributed by atoms with Crippen molar-refractivity contribution in [2.24, 2.45) is 0 Å². The van der Waals surface area contributed by atoms with E-state index in [0.717, 1.165) is 30.8 Å². The maximum atomic E-state index is 11.1. The summed E-state index contributed by atoms with van der Waals surface area (Å²) in [6.07, 6.45) is 5.29. The third kappa shape index (κ3) is 2.29. The summed E-state index contributed by atoms with van der Waals surface area (Å²) >= 11 is 0. The molecule has 2 rings (SSSR count). The van der Waals surface area contributed by atoms with Gasteiger partial charge in [0.05, 0.1) is 0 Å². The van der Waals surface area contributed by atoms with Crippen LogP contribution in [0.3, 0.4) is 0 Å². The van der Waals surface area contributed by atoms with Gasteiger partial charge in [0.1, 0.15) is 12.1 Å². The van der Waals surface area contributed by atoms with Crippen LogP contribution in [0.2, 0.25) is 0 Å². The van der Waals surface area contributed by atoms with Crippen LogP contribution in [0.4, 0.5) is 5.82 Å². The zero-order chi connectivity index (χ0) is 11.4. The molecule has 0 saturated heterocycles. The second-order valence-electron chi connectivity index (χ2n) is 3.85. The summed E-state index contributed by atoms with van der Waals surface area (Å²) in [5.41, 5.74) is 2.37. The smallest absolute Gasteiger partial charge is 0.221 e. The number of hydrogen-bond donors (Lipinski definition) is 2. The van der Waals surface area contributed by atoms with Crippen LogP contribution in [0, 0.1) is 0 Å². The molecule has 2 N–H and O–H groups in total. The zero-order valence-electron chi connectivity index (χ0n) is 9.42. The van der Waals surface area contributed by atoms with E-state index in [9.17, 15) is 4.79 Å². The van der Waals surface area contributed by atoms with E-state index < -0.39 is 0 Å². The number of amides is 1. The molecule has 0 aliphatic heterocycles. The minimum Gasteiger partial charge on any atom is -0.369 e. The van der Waals surface area contributed by atoms with Crippen molar-refractivity contribution in [2.75, 3.05) is 18.9 Å². The average molecular weight is 220 g/mol. The molecule has 0 bridgehead atoms. The van der Waals surface area contributed by atoms with Gasteiger partial charge in [0.2, 0.25) is 5.91 Å². The first-order valence-electron chi connectivity index (χ1n) is 5.58. The standard InChI is InChI=1S/C11H16N4O/c1-12-10(16)5-6-13-11-8-3-2-4-9(8)14-7-15-11/h7H,2-6H2,1H3,(H,12,16)(H,13,14,15). The Morgan fingerprint density at radius 2 is 2.31 bits per heavy atom. The van der Waals surface area contributed by atoms with Gasteiger partial charge in [-0.05, 0) is 19.3 Å². The first kappa shape index (κ1) is 10.9. The van der Waals surface area contributed by atoms with E-state index in [1.54, 1.807) is 13.4 Å². The molecule has 86 valence electrons. The molecule has 1 aromatic heterocycles. The molecule has 0 aromatic carbocycles. The van der Waals surface area contributed by atoms with Gasteiger partial charge in [0, 0.05) is 31.3 Å². The normalized spacial score (nSPS) is 13.3. The minimum atomic E-state index is 0.0400. The maximum absolute atomic E-state index is 11.1. The molecule has 0 radical (unpaired) electrons. The van der Waals surface area contributed by atoms with Crippen molar-refractivity contribution >= 4 is 11.7 Å². The van der Waals surface area contributed by atoms with Gasteiger partial charge in [-0.25, -0.2) is 9.97 Å². The highest BCUT2D eigenvalue weighted by atomic mass is 16.1. The molecule has 0 unspecified atom stereocenters. The van der Waals surface area contributed by atoms with E-state index in [1.165, 1.54) is 5.56 Å². The van der Waals surface area contributed by atoms with Crippen LogP contribution in [-0.2, 0) is 17.6 Å². The Kier molecular flexibility index (Phi) is 3.34. The number of carbonyl (C=O) groups is 1. The van der Waals surface area contributed by atoms with Crippen LogP contribution in [0.1, 0.15) is 24.1 Å². The summed E-state index contributed by atoms with van der Waals surface area (Å²) in [7, 11) is 1.64. The molecule has 1 amide bonds. The number of rotatable bonds is 4. The van der Waals surface area contributed by atoms with E-state index >= 15 is 0 Å². The van der Waals surface area contributed by atoms with E-state index in [0.29, 0.717) is 13.0 Å². The highest BCUT2D eigenvalue weighted by Gasteiger charge is 2.16. The predicted octanol–water partition coefficient (Wildman–Crippen LogP) is 0.513. The van der Waals surface area contributed by atoms with Crippen molar-refractivity contribution in [1.29, 1.82) is 0 Å². The zero-order valence-corrected chi connectivity index (χ0v) is 9.42. The molecule has 5 nitrogen and oxygen atoms in total. The van der Waals surface area contributed by atoms with E-state index in [2.05, 4.69) is 20.6 Å². The van der Waals surface area contributed by atoms with Crippen LogP contribution in [0.25, 0.3) is 0 Å². The predicted molar refractivity (Wildman–Crippen MR) is 61.2 cm³/mol. The second-order valence-corrected chi connectivity index (χ2v) is 3.85. The number of aromatic nitrogens is 2. The fraction of sp³-hybridized carbons (Fsp3) is 0.545. The molecule has 16 heavy (non-hydrogen) atoms. The minimum absolute atomic E-state index is 0.0400. The van der Waals surface area contributed by atoms with Crippen LogP contribution in [-0.4, -0.2) is 29.5 Å². The molecule has 0 saturated carbocycles. The number of carbonyl (C=O) groups excluding carboxylic acids is 1. The van der Waals surface area contributed by atoms with Crippen molar-refractivity contribution < 1.29 is 4.79 Å². The summed E-state index contributed by atoms with van der Waals surface area (Å²) in [5, 5.41) is 5.79. The Morgan fingerprint density at radius 3 is 3.12 bits per heavy atom. The lowest BCUT2D eigenvalue weighted by atomic mass is 10.2. The summed E-state index contributed by atoms with van der Waals surface area (Å²) in [4.78, 5) is 19.5. The molecule has 0 spiro atoms. The van der Waals surface area contributed by atoms with Gasteiger partial charge in [0.25, 0.3) is 0 Å². The quantitative estimate of drug-likeness (QED) is 0.776.